The number of hydrogen-bond donors (Lipinski definition) is 2. The Balaban J connectivity index is 1.97. The number of aromatic nitrogens is 2. The van der Waals surface area contributed by atoms with E-state index in [-0.39, 0.29) is 6.10 Å². The number of fused-ring (bicyclic) bond motifs is 1. The summed E-state index contributed by atoms with van der Waals surface area (Å²) < 4.78 is 2.15. The molecule has 2 N–H and O–H groups in total. The predicted octanol–water partition coefficient (Wildman–Crippen LogP) is 0.616. The highest BCUT2D eigenvalue weighted by Gasteiger charge is 2.34. The van der Waals surface area contributed by atoms with Gasteiger partial charge in [0.15, 0.2) is 10.8 Å². The van der Waals surface area contributed by atoms with E-state index < -0.39 is 0 Å². The van der Waals surface area contributed by atoms with Gasteiger partial charge < -0.3 is 20.2 Å². The van der Waals surface area contributed by atoms with Crippen LogP contribution in [0.2, 0.25) is 0 Å². The van der Waals surface area contributed by atoms with Gasteiger partial charge in [0.25, 0.3) is 0 Å². The van der Waals surface area contributed by atoms with Gasteiger partial charge in [0.05, 0.1) is 11.8 Å². The van der Waals surface area contributed by atoms with Crippen molar-refractivity contribution in [3.8, 4) is 0 Å². The van der Waals surface area contributed by atoms with Gasteiger partial charge >= 0.3 is 0 Å². The van der Waals surface area contributed by atoms with Crippen LogP contribution in [0, 0.1) is 0 Å². The van der Waals surface area contributed by atoms with Crippen molar-refractivity contribution in [1.29, 1.82) is 0 Å². The molecule has 0 amide bonds. The minimum atomic E-state index is -0.267. The normalized spacial score (nSPS) is 22.8. The largest absolute Gasteiger partial charge is 0.391 e. The van der Waals surface area contributed by atoms with Crippen LogP contribution in [-0.4, -0.2) is 65.8 Å². The van der Waals surface area contributed by atoms with E-state index in [1.807, 2.05) is 7.05 Å². The lowest BCUT2D eigenvalue weighted by Gasteiger charge is -2.27. The van der Waals surface area contributed by atoms with Gasteiger partial charge in [-0.3, -0.25) is 4.40 Å². The third kappa shape index (κ3) is 2.78. The van der Waals surface area contributed by atoms with E-state index in [9.17, 15) is 5.11 Å². The Morgan fingerprint density at radius 3 is 3.05 bits per heavy atom. The molecule has 2 atom stereocenters. The molecule has 6 nitrogen and oxygen atoms in total. The molecular weight excluding hydrogens is 286 g/mol. The molecular formula is C14H23N5OS. The van der Waals surface area contributed by atoms with E-state index in [4.69, 9.17) is 4.98 Å². The van der Waals surface area contributed by atoms with Crippen LogP contribution in [0.3, 0.4) is 0 Å². The first-order chi connectivity index (χ1) is 10.1. The number of anilines is 1. The molecule has 1 aliphatic rings. The van der Waals surface area contributed by atoms with Crippen LogP contribution in [-0.2, 0) is 6.54 Å². The number of likely N-dealkylation sites (N-methyl/N-ethyl adjacent to an activating group) is 1. The van der Waals surface area contributed by atoms with Crippen molar-refractivity contribution in [2.24, 2.45) is 0 Å². The Hall–Kier alpha value is -1.15. The van der Waals surface area contributed by atoms with Crippen molar-refractivity contribution in [1.82, 2.24) is 19.6 Å². The minimum absolute atomic E-state index is 0.267. The summed E-state index contributed by atoms with van der Waals surface area (Å²) in [7, 11) is 6.10. The molecule has 2 unspecified atom stereocenters. The number of β-amino-alcohol motifs (C(OH)–C–C–N with tert-alkyl or cyclic N) is 1. The summed E-state index contributed by atoms with van der Waals surface area (Å²) in [5.74, 6) is 1.01. The summed E-state index contributed by atoms with van der Waals surface area (Å²) in [6.45, 7) is 2.37. The Kier molecular flexibility index (Phi) is 4.17. The molecule has 7 heteroatoms. The number of thiazole rings is 1. The number of hydrogen-bond acceptors (Lipinski definition) is 6. The number of rotatable bonds is 5. The lowest BCUT2D eigenvalue weighted by molar-refractivity contribution is 0.191. The topological polar surface area (TPSA) is 56.0 Å². The SMILES string of the molecule is CNCc1c(N2CC(O)CC2CN(C)C)nc2sccn12. The first-order valence-corrected chi connectivity index (χ1v) is 8.16. The standard InChI is InChI=1S/C14H23N5OS/c1-15-7-12-13(16-14-18(12)4-5-21-14)19-9-11(20)6-10(19)8-17(2)3/h4-5,10-11,15,20H,6-9H2,1-3H3. The zero-order valence-corrected chi connectivity index (χ0v) is 13.6. The average Bonchev–Trinajstić information content (AvgIpc) is 3.05. The van der Waals surface area contributed by atoms with Gasteiger partial charge in [0, 0.05) is 37.3 Å². The summed E-state index contributed by atoms with van der Waals surface area (Å²) in [6, 6.07) is 0.315. The molecule has 1 fully saturated rings. The monoisotopic (exact) mass is 309 g/mol. The third-order valence-electron chi connectivity index (χ3n) is 3.92. The molecule has 0 aromatic carbocycles. The van der Waals surface area contributed by atoms with E-state index in [1.165, 1.54) is 5.69 Å². The second-order valence-corrected chi connectivity index (χ2v) is 6.80. The molecule has 0 radical (unpaired) electrons. The van der Waals surface area contributed by atoms with Crippen LogP contribution in [0.25, 0.3) is 4.96 Å². The maximum atomic E-state index is 10.1. The molecule has 3 heterocycles. The fraction of sp³-hybridized carbons (Fsp3) is 0.643. The second-order valence-electron chi connectivity index (χ2n) is 5.93. The maximum Gasteiger partial charge on any atom is 0.195 e. The summed E-state index contributed by atoms with van der Waals surface area (Å²) in [6.07, 6.45) is 2.61. The van der Waals surface area contributed by atoms with Crippen LogP contribution in [0.4, 0.5) is 5.82 Å². The fourth-order valence-electron chi connectivity index (χ4n) is 3.13. The lowest BCUT2D eigenvalue weighted by Crippen LogP contribution is -2.38. The number of nitrogens with one attached hydrogen (secondary N) is 1. The van der Waals surface area contributed by atoms with Crippen molar-refractivity contribution < 1.29 is 5.11 Å². The van der Waals surface area contributed by atoms with Crippen molar-refractivity contribution in [3.05, 3.63) is 17.3 Å². The van der Waals surface area contributed by atoms with E-state index in [0.29, 0.717) is 12.6 Å². The highest BCUT2D eigenvalue weighted by molar-refractivity contribution is 7.15. The zero-order chi connectivity index (χ0) is 15.0. The summed E-state index contributed by atoms with van der Waals surface area (Å²) in [5, 5.41) is 15.4. The molecule has 2 aromatic heterocycles. The summed E-state index contributed by atoms with van der Waals surface area (Å²) in [4.78, 5) is 10.3. The highest BCUT2D eigenvalue weighted by atomic mass is 32.1. The molecule has 0 spiro atoms. The predicted molar refractivity (Wildman–Crippen MR) is 86.1 cm³/mol. The fourth-order valence-corrected chi connectivity index (χ4v) is 3.86. The van der Waals surface area contributed by atoms with E-state index in [1.54, 1.807) is 11.3 Å². The zero-order valence-electron chi connectivity index (χ0n) is 12.8. The van der Waals surface area contributed by atoms with Gasteiger partial charge in [-0.1, -0.05) is 0 Å². The smallest absolute Gasteiger partial charge is 0.195 e. The Morgan fingerprint density at radius 1 is 1.52 bits per heavy atom. The van der Waals surface area contributed by atoms with Crippen molar-refractivity contribution in [2.45, 2.75) is 25.1 Å². The molecule has 3 rings (SSSR count). The molecule has 2 aromatic rings. The summed E-state index contributed by atoms with van der Waals surface area (Å²) in [5.41, 5.74) is 1.17. The van der Waals surface area contributed by atoms with Crippen molar-refractivity contribution >= 4 is 22.1 Å². The van der Waals surface area contributed by atoms with E-state index in [0.717, 1.165) is 30.3 Å². The molecule has 21 heavy (non-hydrogen) atoms. The van der Waals surface area contributed by atoms with E-state index in [2.05, 4.69) is 45.2 Å². The van der Waals surface area contributed by atoms with Gasteiger partial charge in [0.1, 0.15) is 0 Å². The first-order valence-electron chi connectivity index (χ1n) is 7.28. The number of imidazole rings is 1. The molecule has 116 valence electrons. The maximum absolute atomic E-state index is 10.1. The molecule has 0 saturated carbocycles. The average molecular weight is 309 g/mol. The van der Waals surface area contributed by atoms with Gasteiger partial charge in [-0.25, -0.2) is 4.98 Å². The van der Waals surface area contributed by atoms with Gasteiger partial charge in [0.2, 0.25) is 0 Å². The van der Waals surface area contributed by atoms with Gasteiger partial charge in [-0.2, -0.15) is 0 Å². The number of nitrogens with zero attached hydrogens (tertiary/aromatic N) is 4. The molecule has 0 bridgehead atoms. The Labute approximate surface area is 129 Å². The third-order valence-corrected chi connectivity index (χ3v) is 4.68. The first kappa shape index (κ1) is 14.8. The number of aliphatic hydroxyl groups is 1. The quantitative estimate of drug-likeness (QED) is 0.848. The minimum Gasteiger partial charge on any atom is -0.391 e. The summed E-state index contributed by atoms with van der Waals surface area (Å²) >= 11 is 1.65. The van der Waals surface area contributed by atoms with Crippen LogP contribution in [0.5, 0.6) is 0 Å². The highest BCUT2D eigenvalue weighted by Crippen LogP contribution is 2.30. The molecule has 0 aliphatic carbocycles. The lowest BCUT2D eigenvalue weighted by atomic mass is 10.2. The van der Waals surface area contributed by atoms with Crippen molar-refractivity contribution in [3.63, 3.8) is 0 Å². The van der Waals surface area contributed by atoms with Crippen molar-refractivity contribution in [2.75, 3.05) is 39.1 Å². The Morgan fingerprint density at radius 2 is 2.33 bits per heavy atom. The van der Waals surface area contributed by atoms with Gasteiger partial charge in [-0.15, -0.1) is 11.3 Å². The number of aliphatic hydroxyl groups excluding tert-OH is 1. The second kappa shape index (κ2) is 5.92. The van der Waals surface area contributed by atoms with E-state index >= 15 is 0 Å². The molecule has 1 aliphatic heterocycles. The Bertz CT molecular complexity index is 608. The van der Waals surface area contributed by atoms with Crippen LogP contribution in [0.15, 0.2) is 11.6 Å². The van der Waals surface area contributed by atoms with Crippen LogP contribution in [0.1, 0.15) is 12.1 Å². The van der Waals surface area contributed by atoms with Gasteiger partial charge in [-0.05, 0) is 27.6 Å². The molecule has 1 saturated heterocycles. The van der Waals surface area contributed by atoms with Crippen LogP contribution >= 0.6 is 11.3 Å². The van der Waals surface area contributed by atoms with Crippen LogP contribution < -0.4 is 10.2 Å².